The van der Waals surface area contributed by atoms with E-state index in [0.717, 1.165) is 34.7 Å². The van der Waals surface area contributed by atoms with Crippen LogP contribution in [0, 0.1) is 0 Å². The summed E-state index contributed by atoms with van der Waals surface area (Å²) in [4.78, 5) is 24.3. The molecule has 5 nitrogen and oxygen atoms in total. The van der Waals surface area contributed by atoms with Gasteiger partial charge < -0.3 is 16.0 Å². The third-order valence-corrected chi connectivity index (χ3v) is 5.22. The summed E-state index contributed by atoms with van der Waals surface area (Å²) in [7, 11) is 0. The van der Waals surface area contributed by atoms with Crippen LogP contribution in [0.2, 0.25) is 5.02 Å². The number of benzene rings is 1. The summed E-state index contributed by atoms with van der Waals surface area (Å²) in [6, 6.07) is 7.50. The topological polar surface area (TPSA) is 70.2 Å². The summed E-state index contributed by atoms with van der Waals surface area (Å²) in [5.74, 6) is -0.526. The van der Waals surface area contributed by atoms with Crippen LogP contribution in [0.1, 0.15) is 34.6 Å². The monoisotopic (exact) mass is 405 g/mol. The maximum atomic E-state index is 11.9. The number of hydrogen-bond acceptors (Lipinski definition) is 4. The molecule has 1 heterocycles. The Hall–Kier alpha value is -2.31. The molecule has 0 unspecified atom stereocenters. The average molecular weight is 406 g/mol. The van der Waals surface area contributed by atoms with E-state index in [4.69, 9.17) is 11.6 Å². The Morgan fingerprint density at radius 2 is 1.85 bits per heavy atom. The van der Waals surface area contributed by atoms with Crippen LogP contribution in [0.15, 0.2) is 41.9 Å². The van der Waals surface area contributed by atoms with Crippen molar-refractivity contribution in [2.75, 3.05) is 18.4 Å². The second kappa shape index (κ2) is 10.1. The fourth-order valence-corrected chi connectivity index (χ4v) is 3.46. The zero-order chi connectivity index (χ0) is 19.8. The van der Waals surface area contributed by atoms with Crippen LogP contribution >= 0.6 is 22.9 Å². The van der Waals surface area contributed by atoms with Gasteiger partial charge in [0.1, 0.15) is 0 Å². The molecule has 2 rings (SSSR count). The third kappa shape index (κ3) is 6.12. The Bertz CT molecular complexity index is 819. The van der Waals surface area contributed by atoms with E-state index >= 15 is 0 Å². The Balaban J connectivity index is 1.83. The highest BCUT2D eigenvalue weighted by molar-refractivity contribution is 7.12. The molecule has 0 saturated heterocycles. The fraction of sp³-hybridized carbons (Fsp3) is 0.300. The number of anilines is 1. The number of amides is 2. The highest BCUT2D eigenvalue weighted by atomic mass is 35.5. The highest BCUT2D eigenvalue weighted by Crippen LogP contribution is 2.27. The Kier molecular flexibility index (Phi) is 7.88. The number of hydrogen-bond donors (Lipinski definition) is 3. The van der Waals surface area contributed by atoms with Gasteiger partial charge in [-0.3, -0.25) is 9.59 Å². The predicted octanol–water partition coefficient (Wildman–Crippen LogP) is 4.00. The number of aryl methyl sites for hydroxylation is 2. The minimum Gasteiger partial charge on any atom is -0.358 e. The molecule has 3 N–H and O–H groups in total. The highest BCUT2D eigenvalue weighted by Gasteiger charge is 2.10. The van der Waals surface area contributed by atoms with Crippen molar-refractivity contribution in [1.29, 1.82) is 0 Å². The number of halogens is 1. The molecular weight excluding hydrogens is 382 g/mol. The minimum absolute atomic E-state index is 0.0782. The van der Waals surface area contributed by atoms with Crippen LogP contribution < -0.4 is 16.0 Å². The summed E-state index contributed by atoms with van der Waals surface area (Å²) in [6.45, 7) is 8.26. The lowest BCUT2D eigenvalue weighted by molar-refractivity contribution is -0.119. The second-order valence-corrected chi connectivity index (χ2v) is 7.33. The van der Waals surface area contributed by atoms with Gasteiger partial charge in [0.25, 0.3) is 5.91 Å². The molecule has 144 valence electrons. The molecule has 0 spiro atoms. The van der Waals surface area contributed by atoms with Crippen LogP contribution in [-0.2, 0) is 17.6 Å². The van der Waals surface area contributed by atoms with Crippen molar-refractivity contribution in [1.82, 2.24) is 10.6 Å². The quantitative estimate of drug-likeness (QED) is 0.590. The van der Waals surface area contributed by atoms with Gasteiger partial charge in [0, 0.05) is 16.4 Å². The molecule has 0 atom stereocenters. The lowest BCUT2D eigenvalue weighted by Gasteiger charge is -2.16. The van der Waals surface area contributed by atoms with Gasteiger partial charge >= 0.3 is 0 Å². The molecule has 0 aliphatic rings. The van der Waals surface area contributed by atoms with Crippen molar-refractivity contribution in [3.63, 3.8) is 0 Å². The van der Waals surface area contributed by atoms with Gasteiger partial charge in [-0.1, -0.05) is 38.1 Å². The number of rotatable bonds is 9. The molecule has 0 aliphatic heterocycles. The fourth-order valence-electron chi connectivity index (χ4n) is 2.50. The predicted molar refractivity (Wildman–Crippen MR) is 113 cm³/mol. The largest absolute Gasteiger partial charge is 0.358 e. The van der Waals surface area contributed by atoms with Crippen LogP contribution in [0.4, 0.5) is 5.69 Å². The standard InChI is InChI=1S/C20H24ClN3O2S/c1-4-14-10-17(15(5-2)9-16(14)21)24-13(3)11-22-19(25)12-23-20(26)18-7-6-8-27-18/h6-10,24H,3-5,11-12H2,1-2H3,(H,22,25)(H,23,26). The smallest absolute Gasteiger partial charge is 0.261 e. The van der Waals surface area contributed by atoms with Gasteiger partial charge in [-0.15, -0.1) is 11.3 Å². The molecule has 2 amide bonds. The van der Waals surface area contributed by atoms with E-state index < -0.39 is 0 Å². The number of thiophene rings is 1. The van der Waals surface area contributed by atoms with Crippen LogP contribution in [0.25, 0.3) is 0 Å². The van der Waals surface area contributed by atoms with Crippen molar-refractivity contribution in [3.8, 4) is 0 Å². The molecule has 7 heteroatoms. The van der Waals surface area contributed by atoms with Crippen LogP contribution in [0.3, 0.4) is 0 Å². The van der Waals surface area contributed by atoms with Gasteiger partial charge in [0.2, 0.25) is 5.91 Å². The van der Waals surface area contributed by atoms with Gasteiger partial charge in [-0.05, 0) is 47.5 Å². The lowest BCUT2D eigenvalue weighted by atomic mass is 10.0. The van der Waals surface area contributed by atoms with Crippen molar-refractivity contribution in [2.45, 2.75) is 26.7 Å². The average Bonchev–Trinajstić information content (AvgIpc) is 3.20. The Morgan fingerprint density at radius 3 is 2.48 bits per heavy atom. The van der Waals surface area contributed by atoms with Crippen LogP contribution in [0.5, 0.6) is 0 Å². The second-order valence-electron chi connectivity index (χ2n) is 5.97. The van der Waals surface area contributed by atoms with Gasteiger partial charge in [-0.2, -0.15) is 0 Å². The maximum Gasteiger partial charge on any atom is 0.261 e. The molecule has 0 fully saturated rings. The zero-order valence-corrected chi connectivity index (χ0v) is 17.1. The van der Waals surface area contributed by atoms with Crippen molar-refractivity contribution < 1.29 is 9.59 Å². The number of carbonyl (C=O) groups excluding carboxylic acids is 2. The Labute approximate surface area is 168 Å². The molecule has 1 aromatic carbocycles. The van der Waals surface area contributed by atoms with E-state index in [9.17, 15) is 9.59 Å². The summed E-state index contributed by atoms with van der Waals surface area (Å²) in [5, 5.41) is 11.2. The van der Waals surface area contributed by atoms with E-state index in [0.29, 0.717) is 10.6 Å². The van der Waals surface area contributed by atoms with E-state index in [1.165, 1.54) is 11.3 Å². The normalized spacial score (nSPS) is 10.3. The first-order chi connectivity index (χ1) is 12.9. The van der Waals surface area contributed by atoms with E-state index in [1.54, 1.807) is 12.1 Å². The minimum atomic E-state index is -0.274. The first kappa shape index (κ1) is 21.0. The van der Waals surface area contributed by atoms with E-state index in [2.05, 4.69) is 36.4 Å². The van der Waals surface area contributed by atoms with Gasteiger partial charge in [0.15, 0.2) is 0 Å². The molecule has 0 saturated carbocycles. The van der Waals surface area contributed by atoms with Gasteiger partial charge in [0.05, 0.1) is 18.0 Å². The van der Waals surface area contributed by atoms with E-state index in [1.807, 2.05) is 17.5 Å². The van der Waals surface area contributed by atoms with Crippen molar-refractivity contribution in [3.05, 3.63) is 62.9 Å². The Morgan fingerprint density at radius 1 is 1.11 bits per heavy atom. The van der Waals surface area contributed by atoms with Crippen LogP contribution in [-0.4, -0.2) is 24.9 Å². The SMILES string of the molecule is C=C(CNC(=O)CNC(=O)c1cccs1)Nc1cc(CC)c(Cl)cc1CC. The first-order valence-electron chi connectivity index (χ1n) is 8.79. The van der Waals surface area contributed by atoms with E-state index in [-0.39, 0.29) is 24.9 Å². The molecule has 2 aromatic rings. The number of carbonyl (C=O) groups is 2. The zero-order valence-electron chi connectivity index (χ0n) is 15.5. The summed E-state index contributed by atoms with van der Waals surface area (Å²) >= 11 is 7.61. The molecule has 0 bridgehead atoms. The third-order valence-electron chi connectivity index (χ3n) is 4.00. The van der Waals surface area contributed by atoms with Crippen molar-refractivity contribution in [2.24, 2.45) is 0 Å². The summed E-state index contributed by atoms with van der Waals surface area (Å²) in [5.41, 5.74) is 3.76. The lowest BCUT2D eigenvalue weighted by Crippen LogP contribution is -2.37. The maximum absolute atomic E-state index is 11.9. The summed E-state index contributed by atoms with van der Waals surface area (Å²) in [6.07, 6.45) is 1.67. The molecule has 1 aromatic heterocycles. The molecule has 0 aliphatic carbocycles. The molecular formula is C20H24ClN3O2S. The first-order valence-corrected chi connectivity index (χ1v) is 10.0. The molecule has 0 radical (unpaired) electrons. The molecule has 27 heavy (non-hydrogen) atoms. The number of nitrogens with one attached hydrogen (secondary N) is 3. The van der Waals surface area contributed by atoms with Gasteiger partial charge in [-0.25, -0.2) is 0 Å². The summed E-state index contributed by atoms with van der Waals surface area (Å²) < 4.78 is 0. The van der Waals surface area contributed by atoms with Crippen molar-refractivity contribution >= 4 is 40.4 Å².